The van der Waals surface area contributed by atoms with Crippen LogP contribution in [-0.2, 0) is 14.3 Å². The molecule has 0 atom stereocenters. The number of aromatic nitrogens is 2. The first kappa shape index (κ1) is 19.4. The van der Waals surface area contributed by atoms with Crippen LogP contribution in [0.1, 0.15) is 25.3 Å². The Bertz CT molecular complexity index is 1010. The Kier molecular flexibility index (Phi) is 5.48. The van der Waals surface area contributed by atoms with Crippen LogP contribution in [0.25, 0.3) is 17.0 Å². The Morgan fingerprint density at radius 2 is 2.10 bits per heavy atom. The van der Waals surface area contributed by atoms with Gasteiger partial charge in [-0.25, -0.2) is 9.97 Å². The van der Waals surface area contributed by atoms with E-state index in [0.29, 0.717) is 37.4 Å². The fourth-order valence-electron chi connectivity index (χ4n) is 3.56. The molecule has 2 aliphatic rings. The zero-order valence-electron chi connectivity index (χ0n) is 15.9. The number of carbonyl (C=O) groups excluding carboxylic acids is 3. The van der Waals surface area contributed by atoms with Crippen LogP contribution in [0.2, 0.25) is 0 Å². The maximum atomic E-state index is 12.0. The van der Waals surface area contributed by atoms with Gasteiger partial charge >= 0.3 is 5.97 Å². The van der Waals surface area contributed by atoms with E-state index in [2.05, 4.69) is 20.2 Å². The molecule has 0 bridgehead atoms. The lowest BCUT2D eigenvalue weighted by molar-refractivity contribution is -0.148. The number of amides is 2. The number of imide groups is 1. The number of fused-ring (bicyclic) bond motifs is 1. The largest absolute Gasteiger partial charge is 0.466 e. The molecular weight excluding hydrogens is 392 g/mol. The first-order chi connectivity index (χ1) is 14.0. The van der Waals surface area contributed by atoms with Crippen molar-refractivity contribution in [2.75, 3.05) is 24.6 Å². The monoisotopic (exact) mass is 412 g/mol. The van der Waals surface area contributed by atoms with Gasteiger partial charge in [0.25, 0.3) is 11.1 Å². The molecule has 1 aromatic carbocycles. The van der Waals surface area contributed by atoms with E-state index in [1.54, 1.807) is 6.08 Å². The van der Waals surface area contributed by atoms with Crippen LogP contribution in [0, 0.1) is 5.92 Å². The van der Waals surface area contributed by atoms with E-state index in [-0.39, 0.29) is 23.0 Å². The van der Waals surface area contributed by atoms with Crippen LogP contribution in [-0.4, -0.2) is 46.8 Å². The van der Waals surface area contributed by atoms with Gasteiger partial charge in [-0.05, 0) is 55.3 Å². The first-order valence-corrected chi connectivity index (χ1v) is 10.3. The molecule has 2 aliphatic heterocycles. The SMILES string of the molecule is CCOC(=O)C1CCN(c2ncnc3ccc(/C=C4/SC(=O)NC4=O)cc23)CC1. The average molecular weight is 412 g/mol. The minimum Gasteiger partial charge on any atom is -0.466 e. The van der Waals surface area contributed by atoms with Crippen molar-refractivity contribution in [2.24, 2.45) is 5.92 Å². The second-order valence-corrected chi connectivity index (χ2v) is 7.85. The summed E-state index contributed by atoms with van der Waals surface area (Å²) in [4.78, 5) is 46.5. The fourth-order valence-corrected chi connectivity index (χ4v) is 4.24. The standard InChI is InChI=1S/C20H20N4O4S/c1-2-28-19(26)13-5-7-24(8-6-13)17-14-9-12(3-4-15(14)21-11-22-17)10-16-18(25)23-20(27)29-16/h3-4,9-11,13H,2,5-8H2,1H3,(H,23,25,27)/b16-10+. The van der Waals surface area contributed by atoms with Crippen LogP contribution < -0.4 is 10.2 Å². The molecule has 150 valence electrons. The summed E-state index contributed by atoms with van der Waals surface area (Å²) in [5.74, 6) is 0.216. The number of hydrogen-bond donors (Lipinski definition) is 1. The van der Waals surface area contributed by atoms with Gasteiger partial charge < -0.3 is 9.64 Å². The molecule has 0 radical (unpaired) electrons. The van der Waals surface area contributed by atoms with Crippen molar-refractivity contribution >= 4 is 51.7 Å². The molecule has 29 heavy (non-hydrogen) atoms. The number of anilines is 1. The van der Waals surface area contributed by atoms with Gasteiger partial charge in [-0.15, -0.1) is 0 Å². The summed E-state index contributed by atoms with van der Waals surface area (Å²) >= 11 is 0.889. The summed E-state index contributed by atoms with van der Waals surface area (Å²) in [7, 11) is 0. The maximum absolute atomic E-state index is 12.0. The van der Waals surface area contributed by atoms with Gasteiger partial charge in [0.05, 0.1) is 22.9 Å². The number of carbonyl (C=O) groups is 3. The lowest BCUT2D eigenvalue weighted by Crippen LogP contribution is -2.37. The van der Waals surface area contributed by atoms with Gasteiger partial charge in [-0.2, -0.15) is 0 Å². The number of rotatable bonds is 4. The molecule has 3 heterocycles. The lowest BCUT2D eigenvalue weighted by Gasteiger charge is -2.32. The third-order valence-electron chi connectivity index (χ3n) is 4.99. The molecule has 1 N–H and O–H groups in total. The van der Waals surface area contributed by atoms with E-state index in [0.717, 1.165) is 34.0 Å². The van der Waals surface area contributed by atoms with Crippen molar-refractivity contribution < 1.29 is 19.1 Å². The summed E-state index contributed by atoms with van der Waals surface area (Å²) in [6.07, 6.45) is 4.65. The van der Waals surface area contributed by atoms with E-state index in [1.165, 1.54) is 6.33 Å². The molecule has 1 aromatic heterocycles. The highest BCUT2D eigenvalue weighted by Crippen LogP contribution is 2.30. The molecule has 0 saturated carbocycles. The minimum absolute atomic E-state index is 0.0740. The summed E-state index contributed by atoms with van der Waals surface area (Å²) in [6.45, 7) is 3.62. The van der Waals surface area contributed by atoms with E-state index in [4.69, 9.17) is 4.74 Å². The van der Waals surface area contributed by atoms with E-state index >= 15 is 0 Å². The van der Waals surface area contributed by atoms with Gasteiger partial charge in [0.15, 0.2) is 0 Å². The summed E-state index contributed by atoms with van der Waals surface area (Å²) in [5, 5.41) is 2.76. The zero-order valence-corrected chi connectivity index (χ0v) is 16.7. The summed E-state index contributed by atoms with van der Waals surface area (Å²) < 4.78 is 5.14. The van der Waals surface area contributed by atoms with Crippen LogP contribution in [0.3, 0.4) is 0 Å². The van der Waals surface area contributed by atoms with Crippen molar-refractivity contribution in [2.45, 2.75) is 19.8 Å². The molecule has 2 saturated heterocycles. The quantitative estimate of drug-likeness (QED) is 0.604. The second-order valence-electron chi connectivity index (χ2n) is 6.84. The number of benzene rings is 1. The van der Waals surface area contributed by atoms with E-state index in [1.807, 2.05) is 25.1 Å². The number of nitrogens with zero attached hydrogens (tertiary/aromatic N) is 3. The Hall–Kier alpha value is -2.94. The molecule has 0 aliphatic carbocycles. The van der Waals surface area contributed by atoms with Crippen LogP contribution >= 0.6 is 11.8 Å². The predicted molar refractivity (Wildman–Crippen MR) is 110 cm³/mol. The topological polar surface area (TPSA) is 101 Å². The number of hydrogen-bond acceptors (Lipinski definition) is 8. The third kappa shape index (κ3) is 4.09. The average Bonchev–Trinajstić information content (AvgIpc) is 3.04. The maximum Gasteiger partial charge on any atom is 0.309 e. The van der Waals surface area contributed by atoms with Crippen molar-refractivity contribution in [3.8, 4) is 0 Å². The number of thioether (sulfide) groups is 1. The van der Waals surface area contributed by atoms with Crippen molar-refractivity contribution in [3.63, 3.8) is 0 Å². The van der Waals surface area contributed by atoms with E-state index < -0.39 is 0 Å². The predicted octanol–water partition coefficient (Wildman–Crippen LogP) is 2.73. The smallest absolute Gasteiger partial charge is 0.309 e. The van der Waals surface area contributed by atoms with Gasteiger partial charge in [0.2, 0.25) is 0 Å². The fraction of sp³-hybridized carbons (Fsp3) is 0.350. The van der Waals surface area contributed by atoms with Crippen LogP contribution in [0.4, 0.5) is 10.6 Å². The van der Waals surface area contributed by atoms with Gasteiger partial charge in [-0.3, -0.25) is 19.7 Å². The van der Waals surface area contributed by atoms with Crippen molar-refractivity contribution in [3.05, 3.63) is 35.0 Å². The number of nitrogens with one attached hydrogen (secondary N) is 1. The molecule has 0 unspecified atom stereocenters. The first-order valence-electron chi connectivity index (χ1n) is 9.46. The lowest BCUT2D eigenvalue weighted by atomic mass is 9.96. The highest BCUT2D eigenvalue weighted by atomic mass is 32.2. The summed E-state index contributed by atoms with van der Waals surface area (Å²) in [5.41, 5.74) is 1.59. The van der Waals surface area contributed by atoms with Crippen LogP contribution in [0.5, 0.6) is 0 Å². The van der Waals surface area contributed by atoms with Gasteiger partial charge in [0, 0.05) is 18.5 Å². The Labute approximate surface area is 171 Å². The molecule has 2 aromatic rings. The minimum atomic E-state index is -0.384. The third-order valence-corrected chi connectivity index (χ3v) is 5.80. The summed E-state index contributed by atoms with van der Waals surface area (Å²) in [6, 6.07) is 5.65. The van der Waals surface area contributed by atoms with Crippen molar-refractivity contribution in [1.82, 2.24) is 15.3 Å². The van der Waals surface area contributed by atoms with E-state index in [9.17, 15) is 14.4 Å². The molecule has 9 heteroatoms. The van der Waals surface area contributed by atoms with Gasteiger partial charge in [-0.1, -0.05) is 6.07 Å². The van der Waals surface area contributed by atoms with Gasteiger partial charge in [0.1, 0.15) is 12.1 Å². The molecular formula is C20H20N4O4S. The second kappa shape index (κ2) is 8.20. The Balaban J connectivity index is 1.59. The van der Waals surface area contributed by atoms with Crippen molar-refractivity contribution in [1.29, 1.82) is 0 Å². The normalized spacial score (nSPS) is 19.1. The molecule has 2 amide bonds. The Morgan fingerprint density at radius 3 is 2.79 bits per heavy atom. The van der Waals surface area contributed by atoms with Crippen LogP contribution in [0.15, 0.2) is 29.4 Å². The Morgan fingerprint density at radius 1 is 1.31 bits per heavy atom. The zero-order chi connectivity index (χ0) is 20.4. The highest BCUT2D eigenvalue weighted by Gasteiger charge is 2.28. The highest BCUT2D eigenvalue weighted by molar-refractivity contribution is 8.18. The number of piperidine rings is 1. The number of esters is 1. The molecule has 4 rings (SSSR count). The molecule has 8 nitrogen and oxygen atoms in total. The molecule has 2 fully saturated rings. The molecule has 0 spiro atoms. The number of ether oxygens (including phenoxy) is 1.